The zero-order valence-corrected chi connectivity index (χ0v) is 16.3. The third kappa shape index (κ3) is 3.51. The van der Waals surface area contributed by atoms with Crippen LogP contribution in [0.25, 0.3) is 11.3 Å². The molecule has 2 aromatic rings. The lowest BCUT2D eigenvalue weighted by Gasteiger charge is -2.49. The summed E-state index contributed by atoms with van der Waals surface area (Å²) in [5.74, 6) is 1.77. The van der Waals surface area contributed by atoms with Gasteiger partial charge < -0.3 is 10.1 Å². The van der Waals surface area contributed by atoms with Crippen molar-refractivity contribution >= 4 is 5.91 Å². The van der Waals surface area contributed by atoms with Gasteiger partial charge in [-0.1, -0.05) is 5.21 Å². The Balaban J connectivity index is 1.22. The summed E-state index contributed by atoms with van der Waals surface area (Å²) in [6.07, 6.45) is 6.52. The van der Waals surface area contributed by atoms with Crippen LogP contribution in [0.5, 0.6) is 5.75 Å². The summed E-state index contributed by atoms with van der Waals surface area (Å²) in [7, 11) is 1.67. The minimum Gasteiger partial charge on any atom is -0.497 e. The average Bonchev–Trinajstić information content (AvgIpc) is 3.43. The van der Waals surface area contributed by atoms with Crippen LogP contribution < -0.4 is 10.1 Å². The highest BCUT2D eigenvalue weighted by Crippen LogP contribution is 2.37. The molecule has 1 aliphatic carbocycles. The van der Waals surface area contributed by atoms with Crippen molar-refractivity contribution in [3.63, 3.8) is 0 Å². The number of nitrogens with one attached hydrogen (secondary N) is 1. The van der Waals surface area contributed by atoms with Crippen LogP contribution >= 0.6 is 0 Å². The van der Waals surface area contributed by atoms with Crippen molar-refractivity contribution in [1.82, 2.24) is 25.2 Å². The first-order valence-corrected chi connectivity index (χ1v) is 10.3. The van der Waals surface area contributed by atoms with Gasteiger partial charge in [0.15, 0.2) is 0 Å². The first kappa shape index (κ1) is 17.7. The number of rotatable bonds is 6. The van der Waals surface area contributed by atoms with E-state index in [2.05, 4.69) is 20.5 Å². The van der Waals surface area contributed by atoms with E-state index in [-0.39, 0.29) is 11.8 Å². The fourth-order valence-electron chi connectivity index (χ4n) is 4.66. The molecule has 0 radical (unpaired) electrons. The van der Waals surface area contributed by atoms with Crippen molar-refractivity contribution in [2.24, 2.45) is 11.8 Å². The number of benzene rings is 1. The highest BCUT2D eigenvalue weighted by Gasteiger charge is 2.44. The topological polar surface area (TPSA) is 72.3 Å². The molecule has 4 heterocycles. The number of methoxy groups -OCH3 is 1. The minimum atomic E-state index is 0.163. The van der Waals surface area contributed by atoms with Crippen molar-refractivity contribution in [2.75, 3.05) is 20.2 Å². The molecule has 7 nitrogen and oxygen atoms in total. The van der Waals surface area contributed by atoms with E-state index in [9.17, 15) is 4.79 Å². The van der Waals surface area contributed by atoms with Crippen molar-refractivity contribution in [2.45, 2.75) is 44.3 Å². The van der Waals surface area contributed by atoms with Crippen LogP contribution in [-0.4, -0.2) is 58.1 Å². The Hall–Kier alpha value is -2.41. The predicted octanol–water partition coefficient (Wildman–Crippen LogP) is 1.94. The summed E-state index contributed by atoms with van der Waals surface area (Å²) in [4.78, 5) is 15.0. The Morgan fingerprint density at radius 1 is 1.25 bits per heavy atom. The van der Waals surface area contributed by atoms with E-state index in [0.717, 1.165) is 62.3 Å². The van der Waals surface area contributed by atoms with Gasteiger partial charge in [0.2, 0.25) is 5.91 Å². The normalized spacial score (nSPS) is 28.9. The number of hydrogen-bond donors (Lipinski definition) is 1. The summed E-state index contributed by atoms with van der Waals surface area (Å²) in [5, 5.41) is 11.9. The number of hydrogen-bond acceptors (Lipinski definition) is 5. The maximum Gasteiger partial charge on any atom is 0.224 e. The second kappa shape index (κ2) is 7.20. The van der Waals surface area contributed by atoms with Crippen molar-refractivity contribution in [3.8, 4) is 17.0 Å². The Kier molecular flexibility index (Phi) is 4.55. The van der Waals surface area contributed by atoms with Gasteiger partial charge in [-0.25, -0.2) is 0 Å². The number of fused-ring (bicyclic) bond motifs is 3. The second-order valence-electron chi connectivity index (χ2n) is 8.38. The molecule has 4 aliphatic rings. The lowest BCUT2D eigenvalue weighted by molar-refractivity contribution is -0.133. The molecule has 0 spiro atoms. The van der Waals surface area contributed by atoms with Crippen LogP contribution in [0.4, 0.5) is 0 Å². The summed E-state index contributed by atoms with van der Waals surface area (Å²) in [5.41, 5.74) is 1.91. The SMILES string of the molecule is COc1ccc(-c2cn(C[C@H]3C[C@H]4CCN3C[C@@H]4C(=O)NC3CC3)nn2)cc1. The molecule has 1 N–H and O–H groups in total. The number of nitrogens with zero attached hydrogens (tertiary/aromatic N) is 4. The highest BCUT2D eigenvalue weighted by molar-refractivity contribution is 5.80. The summed E-state index contributed by atoms with van der Waals surface area (Å²) in [6, 6.07) is 8.77. The third-order valence-corrected chi connectivity index (χ3v) is 6.46. The second-order valence-corrected chi connectivity index (χ2v) is 8.38. The first-order chi connectivity index (χ1) is 13.7. The van der Waals surface area contributed by atoms with Gasteiger partial charge in [-0.3, -0.25) is 14.4 Å². The quantitative estimate of drug-likeness (QED) is 0.828. The molecule has 4 fully saturated rings. The molecule has 6 rings (SSSR count). The van der Waals surface area contributed by atoms with E-state index in [1.54, 1.807) is 7.11 Å². The molecule has 3 aliphatic heterocycles. The Morgan fingerprint density at radius 2 is 2.07 bits per heavy atom. The van der Waals surface area contributed by atoms with Crippen LogP contribution in [0.1, 0.15) is 25.7 Å². The molecule has 1 saturated carbocycles. The molecule has 1 aromatic carbocycles. The van der Waals surface area contributed by atoms with Crippen LogP contribution in [-0.2, 0) is 11.3 Å². The molecule has 1 aromatic heterocycles. The van der Waals surface area contributed by atoms with E-state index >= 15 is 0 Å². The zero-order valence-electron chi connectivity index (χ0n) is 16.3. The average molecular weight is 381 g/mol. The molecule has 3 saturated heterocycles. The molecule has 1 amide bonds. The van der Waals surface area contributed by atoms with Gasteiger partial charge in [0.1, 0.15) is 11.4 Å². The number of ether oxygens (including phenoxy) is 1. The minimum absolute atomic E-state index is 0.163. The van der Waals surface area contributed by atoms with Crippen LogP contribution in [0, 0.1) is 11.8 Å². The number of carbonyl (C=O) groups excluding carboxylic acids is 1. The monoisotopic (exact) mass is 381 g/mol. The summed E-state index contributed by atoms with van der Waals surface area (Å²) in [6.45, 7) is 2.80. The summed E-state index contributed by atoms with van der Waals surface area (Å²) < 4.78 is 7.16. The molecular formula is C21H27N5O2. The van der Waals surface area contributed by atoms with Crippen LogP contribution in [0.2, 0.25) is 0 Å². The van der Waals surface area contributed by atoms with Gasteiger partial charge >= 0.3 is 0 Å². The van der Waals surface area contributed by atoms with Crippen LogP contribution in [0.3, 0.4) is 0 Å². The van der Waals surface area contributed by atoms with Gasteiger partial charge in [0.25, 0.3) is 0 Å². The fourth-order valence-corrected chi connectivity index (χ4v) is 4.66. The van der Waals surface area contributed by atoms with Crippen molar-refractivity contribution in [3.05, 3.63) is 30.5 Å². The highest BCUT2D eigenvalue weighted by atomic mass is 16.5. The van der Waals surface area contributed by atoms with E-state index in [4.69, 9.17) is 4.74 Å². The van der Waals surface area contributed by atoms with Gasteiger partial charge in [-0.2, -0.15) is 0 Å². The van der Waals surface area contributed by atoms with Crippen LogP contribution in [0.15, 0.2) is 30.5 Å². The molecule has 4 atom stereocenters. The largest absolute Gasteiger partial charge is 0.497 e. The number of carbonyl (C=O) groups is 1. The van der Waals surface area contributed by atoms with Gasteiger partial charge in [0.05, 0.1) is 25.8 Å². The van der Waals surface area contributed by atoms with E-state index in [1.807, 2.05) is 35.1 Å². The first-order valence-electron chi connectivity index (χ1n) is 10.3. The molecular weight excluding hydrogens is 354 g/mol. The van der Waals surface area contributed by atoms with Gasteiger partial charge in [0, 0.05) is 24.2 Å². The van der Waals surface area contributed by atoms with Crippen molar-refractivity contribution in [1.29, 1.82) is 0 Å². The third-order valence-electron chi connectivity index (χ3n) is 6.46. The standard InChI is InChI=1S/C21H27N5O2/c1-28-18-6-2-14(3-7-18)20-13-26(24-23-20)11-17-10-15-8-9-25(17)12-19(15)21(27)22-16-4-5-16/h2-3,6-7,13,15-17,19H,4-5,8-12H2,1H3,(H,22,27)/t15-,17-,19+/m1/s1. The smallest absolute Gasteiger partial charge is 0.224 e. The van der Waals surface area contributed by atoms with E-state index < -0.39 is 0 Å². The summed E-state index contributed by atoms with van der Waals surface area (Å²) >= 11 is 0. The molecule has 148 valence electrons. The van der Waals surface area contributed by atoms with Gasteiger partial charge in [-0.15, -0.1) is 5.10 Å². The maximum atomic E-state index is 12.5. The molecule has 28 heavy (non-hydrogen) atoms. The lowest BCUT2D eigenvalue weighted by Crippen LogP contribution is -2.58. The lowest BCUT2D eigenvalue weighted by atomic mass is 9.75. The molecule has 1 unspecified atom stereocenters. The Labute approximate surface area is 165 Å². The number of amides is 1. The Bertz CT molecular complexity index is 845. The number of piperidine rings is 3. The van der Waals surface area contributed by atoms with Gasteiger partial charge in [-0.05, 0) is 62.4 Å². The fraction of sp³-hybridized carbons (Fsp3) is 0.571. The molecule has 7 heteroatoms. The van der Waals surface area contributed by atoms with Crippen molar-refractivity contribution < 1.29 is 9.53 Å². The number of aromatic nitrogens is 3. The molecule has 2 bridgehead atoms. The predicted molar refractivity (Wildman–Crippen MR) is 105 cm³/mol. The van der Waals surface area contributed by atoms with E-state index in [0.29, 0.717) is 18.0 Å². The zero-order chi connectivity index (χ0) is 19.1. The Morgan fingerprint density at radius 3 is 2.75 bits per heavy atom. The van der Waals surface area contributed by atoms with E-state index in [1.165, 1.54) is 0 Å². The maximum absolute atomic E-state index is 12.5.